The Morgan fingerprint density at radius 2 is 2.12 bits per heavy atom. The molecule has 0 aliphatic heterocycles. The molecule has 0 spiro atoms. The molecule has 0 N–H and O–H groups in total. The van der Waals surface area contributed by atoms with E-state index in [1.807, 2.05) is 13.8 Å². The van der Waals surface area contributed by atoms with E-state index in [4.69, 9.17) is 16.0 Å². The molecule has 0 aliphatic rings. The number of halogens is 1. The van der Waals surface area contributed by atoms with Gasteiger partial charge in [0, 0.05) is 0 Å². The van der Waals surface area contributed by atoms with Gasteiger partial charge in [-0.25, -0.2) is 4.98 Å². The van der Waals surface area contributed by atoms with Crippen LogP contribution in [-0.2, 0) is 0 Å². The summed E-state index contributed by atoms with van der Waals surface area (Å²) in [6.45, 7) is 3.68. The van der Waals surface area contributed by atoms with E-state index < -0.39 is 0 Å². The lowest BCUT2D eigenvalue weighted by Crippen LogP contribution is -1.69. The van der Waals surface area contributed by atoms with Crippen LogP contribution in [0.1, 0.15) is 11.5 Å². The number of hydrogen-bond acceptors (Lipinski definition) is 2. The smallest absolute Gasteiger partial charge is 0.292 e. The van der Waals surface area contributed by atoms with Gasteiger partial charge in [-0.15, -0.1) is 0 Å². The van der Waals surface area contributed by atoms with E-state index in [1.165, 1.54) is 0 Å². The van der Waals surface area contributed by atoms with Gasteiger partial charge in [-0.05, 0) is 25.4 Å². The van der Waals surface area contributed by atoms with Crippen molar-refractivity contribution in [2.45, 2.75) is 13.8 Å². The fourth-order valence-electron chi connectivity index (χ4n) is 0.434. The highest BCUT2D eigenvalue weighted by atomic mass is 35.5. The second-order valence-corrected chi connectivity index (χ2v) is 1.93. The van der Waals surface area contributed by atoms with Crippen LogP contribution in [0.5, 0.6) is 0 Å². The number of aryl methyl sites for hydroxylation is 2. The molecule has 2 nitrogen and oxygen atoms in total. The first kappa shape index (κ1) is 5.63. The molecule has 0 radical (unpaired) electrons. The molecule has 8 heavy (non-hydrogen) atoms. The maximum absolute atomic E-state index is 5.39. The molecule has 0 aliphatic carbocycles. The summed E-state index contributed by atoms with van der Waals surface area (Å²) in [7, 11) is 0. The highest BCUT2D eigenvalue weighted by molar-refractivity contribution is 6.27. The quantitative estimate of drug-likeness (QED) is 0.538. The van der Waals surface area contributed by atoms with E-state index in [0.717, 1.165) is 11.5 Å². The lowest BCUT2D eigenvalue weighted by atomic mass is 10.4. The molecular formula is C5H6ClNO. The predicted octanol–water partition coefficient (Wildman–Crippen LogP) is 1.94. The Morgan fingerprint density at radius 1 is 1.50 bits per heavy atom. The van der Waals surface area contributed by atoms with Gasteiger partial charge in [0.25, 0.3) is 5.35 Å². The fourth-order valence-corrected chi connectivity index (χ4v) is 0.676. The highest BCUT2D eigenvalue weighted by Crippen LogP contribution is 2.11. The maximum Gasteiger partial charge on any atom is 0.292 e. The molecule has 0 aromatic carbocycles. The summed E-state index contributed by atoms with van der Waals surface area (Å²) in [5.74, 6) is 0.787. The van der Waals surface area contributed by atoms with Gasteiger partial charge in [-0.3, -0.25) is 0 Å². The van der Waals surface area contributed by atoms with Gasteiger partial charge >= 0.3 is 0 Å². The zero-order valence-electron chi connectivity index (χ0n) is 4.73. The summed E-state index contributed by atoms with van der Waals surface area (Å²) < 4.78 is 4.87. The number of hydrogen-bond donors (Lipinski definition) is 0. The Balaban J connectivity index is 3.14. The summed E-state index contributed by atoms with van der Waals surface area (Å²) in [6.07, 6.45) is 0. The van der Waals surface area contributed by atoms with Crippen molar-refractivity contribution in [2.24, 2.45) is 0 Å². The molecule has 1 heterocycles. The van der Waals surface area contributed by atoms with Crippen LogP contribution >= 0.6 is 11.6 Å². The number of oxazole rings is 1. The van der Waals surface area contributed by atoms with Crippen molar-refractivity contribution < 1.29 is 4.42 Å². The van der Waals surface area contributed by atoms with E-state index in [9.17, 15) is 0 Å². The SMILES string of the molecule is Cc1nc(Cl)oc1C. The molecule has 3 heteroatoms. The molecule has 0 atom stereocenters. The third kappa shape index (κ3) is 0.842. The minimum Gasteiger partial charge on any atom is -0.433 e. The fraction of sp³-hybridized carbons (Fsp3) is 0.400. The van der Waals surface area contributed by atoms with Crippen LogP contribution < -0.4 is 0 Å². The minimum absolute atomic E-state index is 0.222. The molecule has 0 bridgehead atoms. The monoisotopic (exact) mass is 131 g/mol. The summed E-state index contributed by atoms with van der Waals surface area (Å²) in [6, 6.07) is 0. The first-order valence-corrected chi connectivity index (χ1v) is 2.67. The standard InChI is InChI=1S/C5H6ClNO/c1-3-4(2)8-5(6)7-3/h1-2H3. The van der Waals surface area contributed by atoms with Crippen LogP contribution in [0.3, 0.4) is 0 Å². The van der Waals surface area contributed by atoms with Crippen molar-refractivity contribution in [3.63, 3.8) is 0 Å². The summed E-state index contributed by atoms with van der Waals surface area (Å²) >= 11 is 5.39. The molecule has 1 rings (SSSR count). The predicted molar refractivity (Wildman–Crippen MR) is 31.0 cm³/mol. The zero-order valence-corrected chi connectivity index (χ0v) is 5.49. The van der Waals surface area contributed by atoms with Crippen molar-refractivity contribution >= 4 is 11.6 Å². The van der Waals surface area contributed by atoms with E-state index in [2.05, 4.69) is 4.98 Å². The van der Waals surface area contributed by atoms with E-state index in [-0.39, 0.29) is 5.35 Å². The first-order chi connectivity index (χ1) is 3.70. The van der Waals surface area contributed by atoms with E-state index in [0.29, 0.717) is 0 Å². The third-order valence-corrected chi connectivity index (χ3v) is 1.16. The van der Waals surface area contributed by atoms with E-state index in [1.54, 1.807) is 0 Å². The minimum atomic E-state index is 0.222. The van der Waals surface area contributed by atoms with Crippen molar-refractivity contribution in [1.29, 1.82) is 0 Å². The molecular weight excluding hydrogens is 126 g/mol. The molecule has 0 unspecified atom stereocenters. The van der Waals surface area contributed by atoms with Crippen molar-refractivity contribution in [3.8, 4) is 0 Å². The average molecular weight is 132 g/mol. The van der Waals surface area contributed by atoms with Gasteiger partial charge in [0.05, 0.1) is 5.69 Å². The van der Waals surface area contributed by atoms with Crippen molar-refractivity contribution in [3.05, 3.63) is 16.8 Å². The maximum atomic E-state index is 5.39. The van der Waals surface area contributed by atoms with Crippen LogP contribution in [0, 0.1) is 13.8 Å². The largest absolute Gasteiger partial charge is 0.433 e. The van der Waals surface area contributed by atoms with Crippen molar-refractivity contribution in [2.75, 3.05) is 0 Å². The lowest BCUT2D eigenvalue weighted by molar-refractivity contribution is 0.527. The van der Waals surface area contributed by atoms with Crippen LogP contribution in [-0.4, -0.2) is 4.98 Å². The van der Waals surface area contributed by atoms with Gasteiger partial charge in [0.15, 0.2) is 0 Å². The average Bonchev–Trinajstić information content (AvgIpc) is 1.85. The Labute approximate surface area is 52.5 Å². The van der Waals surface area contributed by atoms with Crippen molar-refractivity contribution in [1.82, 2.24) is 4.98 Å². The molecule has 1 aromatic rings. The van der Waals surface area contributed by atoms with Crippen LogP contribution in [0.4, 0.5) is 0 Å². The van der Waals surface area contributed by atoms with Crippen LogP contribution in [0.15, 0.2) is 4.42 Å². The molecule has 0 saturated carbocycles. The summed E-state index contributed by atoms with van der Waals surface area (Å²) in [5.41, 5.74) is 0.856. The van der Waals surface area contributed by atoms with Gasteiger partial charge in [-0.2, -0.15) is 0 Å². The van der Waals surface area contributed by atoms with E-state index >= 15 is 0 Å². The molecule has 0 saturated heterocycles. The highest BCUT2D eigenvalue weighted by Gasteiger charge is 1.99. The topological polar surface area (TPSA) is 26.0 Å². The second kappa shape index (κ2) is 1.78. The second-order valence-electron chi connectivity index (χ2n) is 1.61. The van der Waals surface area contributed by atoms with Gasteiger partial charge in [0.2, 0.25) is 0 Å². The Bertz CT molecular complexity index is 175. The number of rotatable bonds is 0. The molecule has 0 fully saturated rings. The van der Waals surface area contributed by atoms with Crippen LogP contribution in [0.25, 0.3) is 0 Å². The Morgan fingerprint density at radius 3 is 2.25 bits per heavy atom. The zero-order chi connectivity index (χ0) is 6.15. The number of aromatic nitrogens is 1. The molecule has 1 aromatic heterocycles. The summed E-state index contributed by atoms with van der Waals surface area (Å²) in [5, 5.41) is 0.222. The molecule has 44 valence electrons. The Kier molecular flexibility index (Phi) is 1.26. The third-order valence-electron chi connectivity index (χ3n) is 1.00. The van der Waals surface area contributed by atoms with Gasteiger partial charge in [-0.1, -0.05) is 0 Å². The molecule has 0 amide bonds. The first-order valence-electron chi connectivity index (χ1n) is 2.29. The van der Waals surface area contributed by atoms with Gasteiger partial charge in [0.1, 0.15) is 5.76 Å². The lowest BCUT2D eigenvalue weighted by Gasteiger charge is -1.76. The van der Waals surface area contributed by atoms with Crippen LogP contribution in [0.2, 0.25) is 5.35 Å². The Hall–Kier alpha value is -0.500. The summed E-state index contributed by atoms with van der Waals surface area (Å²) in [4.78, 5) is 3.81. The van der Waals surface area contributed by atoms with Gasteiger partial charge < -0.3 is 4.42 Å². The number of nitrogens with zero attached hydrogens (tertiary/aromatic N) is 1. The normalized spacial score (nSPS) is 9.88.